The number of amides is 2. The predicted molar refractivity (Wildman–Crippen MR) is 173 cm³/mol. The number of carbonyl (C=O) groups is 2. The Morgan fingerprint density at radius 1 is 0.915 bits per heavy atom. The molecule has 250 valence electrons. The van der Waals surface area contributed by atoms with Crippen molar-refractivity contribution in [1.29, 1.82) is 0 Å². The Kier molecular flexibility index (Phi) is 11.7. The van der Waals surface area contributed by atoms with Crippen LogP contribution in [-0.2, 0) is 32.2 Å². The van der Waals surface area contributed by atoms with Gasteiger partial charge in [-0.15, -0.1) is 0 Å². The fourth-order valence-electron chi connectivity index (χ4n) is 5.70. The number of non-ortho nitro benzene ring substituents is 1. The summed E-state index contributed by atoms with van der Waals surface area (Å²) in [5, 5.41) is 25.7. The van der Waals surface area contributed by atoms with Crippen molar-refractivity contribution in [1.82, 2.24) is 15.5 Å². The number of nitrogens with zero attached hydrogens (tertiary/aromatic N) is 3. The molecule has 0 bridgehead atoms. The minimum atomic E-state index is -0.604. The van der Waals surface area contributed by atoms with Crippen molar-refractivity contribution in [2.75, 3.05) is 50.8 Å². The van der Waals surface area contributed by atoms with Gasteiger partial charge < -0.3 is 34.9 Å². The number of nitro groups is 1. The molecule has 0 aliphatic carbocycles. The normalized spacial score (nSPS) is 20.0. The highest BCUT2D eigenvalue weighted by Crippen LogP contribution is 2.38. The van der Waals surface area contributed by atoms with Crippen molar-refractivity contribution in [2.45, 2.75) is 45.0 Å². The van der Waals surface area contributed by atoms with Gasteiger partial charge in [0, 0.05) is 69.1 Å². The second-order valence-electron chi connectivity index (χ2n) is 11.5. The van der Waals surface area contributed by atoms with Crippen molar-refractivity contribution in [3.05, 3.63) is 105 Å². The lowest BCUT2D eigenvalue weighted by Crippen LogP contribution is -2.49. The van der Waals surface area contributed by atoms with E-state index in [9.17, 15) is 24.8 Å². The molecule has 3 atom stereocenters. The van der Waals surface area contributed by atoms with Gasteiger partial charge in [0.2, 0.25) is 0 Å². The number of piperazine rings is 1. The number of benzene rings is 3. The Morgan fingerprint density at radius 2 is 1.57 bits per heavy atom. The molecule has 5 rings (SSSR count). The maximum absolute atomic E-state index is 12.1. The van der Waals surface area contributed by atoms with E-state index in [1.54, 1.807) is 31.2 Å². The number of urea groups is 1. The second kappa shape index (κ2) is 16.3. The number of esters is 1. The molecule has 2 fully saturated rings. The van der Waals surface area contributed by atoms with Crippen LogP contribution in [0.4, 0.5) is 16.2 Å². The monoisotopic (exact) mass is 647 g/mol. The summed E-state index contributed by atoms with van der Waals surface area (Å²) >= 11 is 0. The molecule has 2 aliphatic rings. The minimum absolute atomic E-state index is 0.0275. The molecule has 0 saturated carbocycles. The number of hydrogen-bond acceptors (Lipinski definition) is 10. The van der Waals surface area contributed by atoms with Gasteiger partial charge in [0.1, 0.15) is 6.54 Å². The largest absolute Gasteiger partial charge is 0.465 e. The summed E-state index contributed by atoms with van der Waals surface area (Å²) in [7, 11) is 0. The summed E-state index contributed by atoms with van der Waals surface area (Å²) in [6, 6.07) is 21.7. The Labute approximate surface area is 273 Å². The summed E-state index contributed by atoms with van der Waals surface area (Å²) in [5.41, 5.74) is 4.62. The first-order valence-corrected chi connectivity index (χ1v) is 15.8. The Morgan fingerprint density at radius 3 is 2.21 bits per heavy atom. The smallest absolute Gasteiger partial charge is 0.325 e. The highest BCUT2D eigenvalue weighted by molar-refractivity contribution is 5.80. The zero-order valence-corrected chi connectivity index (χ0v) is 26.4. The zero-order valence-electron chi connectivity index (χ0n) is 26.4. The van der Waals surface area contributed by atoms with E-state index in [1.165, 1.54) is 0 Å². The molecule has 3 unspecified atom stereocenters. The molecule has 47 heavy (non-hydrogen) atoms. The van der Waals surface area contributed by atoms with Crippen LogP contribution in [0.25, 0.3) is 0 Å². The number of hydrogen-bond donors (Lipinski definition) is 3. The van der Waals surface area contributed by atoms with E-state index in [-0.39, 0.29) is 49.1 Å². The van der Waals surface area contributed by atoms with Gasteiger partial charge in [-0.05, 0) is 35.7 Å². The number of nitro benzene ring substituents is 1. The third kappa shape index (κ3) is 9.48. The maximum Gasteiger partial charge on any atom is 0.325 e. The summed E-state index contributed by atoms with van der Waals surface area (Å²) in [6.45, 7) is 5.98. The Hall–Kier alpha value is -4.56. The number of nitrogens with one attached hydrogen (secondary N) is 2. The van der Waals surface area contributed by atoms with Crippen molar-refractivity contribution in [3.63, 3.8) is 0 Å². The molecule has 2 heterocycles. The maximum atomic E-state index is 12.1. The molecular formula is C34H41N5O8. The van der Waals surface area contributed by atoms with Crippen molar-refractivity contribution < 1.29 is 33.8 Å². The third-order valence-electron chi connectivity index (χ3n) is 8.28. The van der Waals surface area contributed by atoms with Crippen LogP contribution in [-0.4, -0.2) is 78.9 Å². The summed E-state index contributed by atoms with van der Waals surface area (Å²) in [6.07, 6.45) is -0.253. The average Bonchev–Trinajstić information content (AvgIpc) is 3.10. The lowest BCUT2D eigenvalue weighted by molar-refractivity contribution is -0.384. The average molecular weight is 648 g/mol. The van der Waals surface area contributed by atoms with Crippen LogP contribution >= 0.6 is 0 Å². The molecule has 0 aromatic heterocycles. The molecule has 0 radical (unpaired) electrons. The molecule has 2 aliphatic heterocycles. The highest BCUT2D eigenvalue weighted by atomic mass is 16.7. The van der Waals surface area contributed by atoms with E-state index >= 15 is 0 Å². The van der Waals surface area contributed by atoms with E-state index in [1.807, 2.05) is 48.5 Å². The van der Waals surface area contributed by atoms with Crippen LogP contribution in [0.5, 0.6) is 0 Å². The summed E-state index contributed by atoms with van der Waals surface area (Å²) < 4.78 is 17.8. The van der Waals surface area contributed by atoms with Crippen LogP contribution in [0, 0.1) is 10.1 Å². The van der Waals surface area contributed by atoms with Crippen LogP contribution in [0.15, 0.2) is 72.8 Å². The first-order valence-electron chi connectivity index (χ1n) is 15.8. The first-order chi connectivity index (χ1) is 22.8. The van der Waals surface area contributed by atoms with Crippen LogP contribution < -0.4 is 15.5 Å². The van der Waals surface area contributed by atoms with Gasteiger partial charge in [0.15, 0.2) is 6.29 Å². The molecule has 13 nitrogen and oxygen atoms in total. The molecule has 3 N–H and O–H groups in total. The number of aliphatic hydroxyl groups is 1. The molecule has 3 aromatic carbocycles. The predicted octanol–water partition coefficient (Wildman–Crippen LogP) is 3.82. The first kappa shape index (κ1) is 33.8. The molecule has 2 saturated heterocycles. The van der Waals surface area contributed by atoms with Crippen molar-refractivity contribution in [2.24, 2.45) is 0 Å². The molecule has 0 spiro atoms. The van der Waals surface area contributed by atoms with Gasteiger partial charge in [0.25, 0.3) is 5.69 Å². The van der Waals surface area contributed by atoms with Crippen molar-refractivity contribution in [3.8, 4) is 0 Å². The van der Waals surface area contributed by atoms with E-state index in [2.05, 4.69) is 20.4 Å². The standard InChI is InChI=1S/C34H41N5O8/c1-2-45-32(41)21-36-34(42)35-20-24-3-9-27(10-4-24)33-46-30(19-31(47-33)26-7-5-25(23-40)6-8-26)22-37-15-17-38(18-16-37)28-11-13-29(14-12-28)39(43)44/h3-14,30-31,33,40H,2,15-23H2,1H3,(H2,35,36,42). The van der Waals surface area contributed by atoms with Gasteiger partial charge in [-0.1, -0.05) is 48.5 Å². The van der Waals surface area contributed by atoms with E-state index in [0.717, 1.165) is 60.7 Å². The van der Waals surface area contributed by atoms with Crippen LogP contribution in [0.3, 0.4) is 0 Å². The number of aliphatic hydroxyl groups excluding tert-OH is 1. The Bertz CT molecular complexity index is 1480. The number of rotatable bonds is 12. The summed E-state index contributed by atoms with van der Waals surface area (Å²) in [4.78, 5) is 38.8. The number of carbonyl (C=O) groups excluding carboxylic acids is 2. The lowest BCUT2D eigenvalue weighted by atomic mass is 9.99. The van der Waals surface area contributed by atoms with Gasteiger partial charge >= 0.3 is 12.0 Å². The van der Waals surface area contributed by atoms with E-state index < -0.39 is 18.3 Å². The highest BCUT2D eigenvalue weighted by Gasteiger charge is 2.34. The van der Waals surface area contributed by atoms with E-state index in [0.29, 0.717) is 6.42 Å². The summed E-state index contributed by atoms with van der Waals surface area (Å²) in [5.74, 6) is -0.495. The van der Waals surface area contributed by atoms with Gasteiger partial charge in [-0.25, -0.2) is 4.79 Å². The van der Waals surface area contributed by atoms with Crippen LogP contribution in [0.1, 0.15) is 48.0 Å². The molecule has 2 amide bonds. The topological polar surface area (TPSA) is 156 Å². The number of anilines is 1. The second-order valence-corrected chi connectivity index (χ2v) is 11.5. The molecule has 3 aromatic rings. The SMILES string of the molecule is CCOC(=O)CNC(=O)NCc1ccc(C2OC(CN3CCN(c4ccc([N+](=O)[O-])cc4)CC3)CC(c3ccc(CO)cc3)O2)cc1. The fourth-order valence-corrected chi connectivity index (χ4v) is 5.70. The third-order valence-corrected chi connectivity index (χ3v) is 8.28. The van der Waals surface area contributed by atoms with E-state index in [4.69, 9.17) is 14.2 Å². The molecule has 13 heteroatoms. The van der Waals surface area contributed by atoms with Gasteiger partial charge in [0.05, 0.1) is 30.3 Å². The number of ether oxygens (including phenoxy) is 3. The zero-order chi connectivity index (χ0) is 33.2. The Balaban J connectivity index is 1.20. The fraction of sp³-hybridized carbons (Fsp3) is 0.412. The molecular weight excluding hydrogens is 606 g/mol. The quantitative estimate of drug-likeness (QED) is 0.150. The van der Waals surface area contributed by atoms with Gasteiger partial charge in [-0.3, -0.25) is 19.8 Å². The lowest BCUT2D eigenvalue weighted by Gasteiger charge is -2.41. The van der Waals surface area contributed by atoms with Crippen LogP contribution in [0.2, 0.25) is 0 Å². The minimum Gasteiger partial charge on any atom is -0.465 e. The van der Waals surface area contributed by atoms with Gasteiger partial charge in [-0.2, -0.15) is 0 Å². The van der Waals surface area contributed by atoms with Crippen molar-refractivity contribution >= 4 is 23.4 Å².